The van der Waals surface area contributed by atoms with Crippen LogP contribution < -0.4 is 25.1 Å². The number of rotatable bonds is 7. The Hall–Kier alpha value is -2.75. The number of benzene rings is 1. The van der Waals surface area contributed by atoms with E-state index in [1.165, 1.54) is 7.11 Å². The summed E-state index contributed by atoms with van der Waals surface area (Å²) in [4.78, 5) is 31.0. The number of nitrogens with one attached hydrogen (secondary N) is 2. The molecule has 3 heterocycles. The average molecular weight is 560 g/mol. The molecular weight excluding hydrogens is 522 g/mol. The van der Waals surface area contributed by atoms with Gasteiger partial charge in [0.05, 0.1) is 30.3 Å². The van der Waals surface area contributed by atoms with E-state index in [4.69, 9.17) is 30.5 Å². The maximum absolute atomic E-state index is 13.2. The van der Waals surface area contributed by atoms with Crippen LogP contribution in [0.15, 0.2) is 16.9 Å². The molecule has 2 N–H and O–H groups in total. The Morgan fingerprint density at radius 3 is 2.62 bits per heavy atom. The lowest BCUT2D eigenvalue weighted by atomic mass is 9.82. The van der Waals surface area contributed by atoms with Gasteiger partial charge in [0.25, 0.3) is 11.5 Å². The molecule has 2 atom stereocenters. The van der Waals surface area contributed by atoms with Gasteiger partial charge < -0.3 is 29.2 Å². The summed E-state index contributed by atoms with van der Waals surface area (Å²) in [6.07, 6.45) is 5.79. The smallest absolute Gasteiger partial charge is 0.256 e. The Bertz CT molecular complexity index is 1270. The summed E-state index contributed by atoms with van der Waals surface area (Å²) in [5.74, 6) is 1.46. The molecule has 1 amide bonds. The lowest BCUT2D eigenvalue weighted by molar-refractivity contribution is 0.0197. The molecule has 0 spiro atoms. The van der Waals surface area contributed by atoms with Gasteiger partial charge in [0, 0.05) is 43.1 Å². The van der Waals surface area contributed by atoms with Crippen molar-refractivity contribution < 1.29 is 23.7 Å². The number of carbonyl (C=O) groups excluding carboxylic acids is 1. The van der Waals surface area contributed by atoms with E-state index in [-0.39, 0.29) is 24.1 Å². The van der Waals surface area contributed by atoms with E-state index in [0.717, 1.165) is 45.2 Å². The standard InChI is InChI=1S/C29H38ClN3O6/c1-16-11-24(37-4)22(29(35)32-16)13-31-28(34)21-12-23(30)27-26(17(21)2)39-25(15-38-27)18-5-7-19(8-6-18)33-10-9-20(14-33)36-3/h11-12,18-20,25H,5-10,13-15H2,1-4H3,(H,31,34)(H,32,35)/t18-,19+,20-,25+/m0/s1. The van der Waals surface area contributed by atoms with E-state index in [0.29, 0.717) is 69.3 Å². The summed E-state index contributed by atoms with van der Waals surface area (Å²) in [7, 11) is 3.30. The normalized spacial score (nSPS) is 24.9. The number of hydrogen-bond acceptors (Lipinski definition) is 7. The monoisotopic (exact) mass is 559 g/mol. The second kappa shape index (κ2) is 11.8. The van der Waals surface area contributed by atoms with E-state index in [2.05, 4.69) is 15.2 Å². The van der Waals surface area contributed by atoms with Crippen molar-refractivity contribution in [1.82, 2.24) is 15.2 Å². The number of methoxy groups -OCH3 is 2. The van der Waals surface area contributed by atoms with E-state index in [1.807, 2.05) is 6.92 Å². The van der Waals surface area contributed by atoms with Crippen LogP contribution in [0.1, 0.15) is 59.3 Å². The number of nitrogens with zero attached hydrogens (tertiary/aromatic N) is 1. The number of ether oxygens (including phenoxy) is 4. The molecule has 0 radical (unpaired) electrons. The fourth-order valence-electron chi connectivity index (χ4n) is 6.21. The average Bonchev–Trinajstić information content (AvgIpc) is 3.43. The maximum Gasteiger partial charge on any atom is 0.256 e. The lowest BCUT2D eigenvalue weighted by Gasteiger charge is -2.39. The van der Waals surface area contributed by atoms with Crippen molar-refractivity contribution in [3.8, 4) is 17.2 Å². The number of amides is 1. The molecule has 1 aromatic heterocycles. The zero-order chi connectivity index (χ0) is 27.7. The van der Waals surface area contributed by atoms with Crippen LogP contribution in [0.2, 0.25) is 5.02 Å². The summed E-state index contributed by atoms with van der Waals surface area (Å²) < 4.78 is 23.5. The van der Waals surface area contributed by atoms with Crippen LogP contribution in [0.3, 0.4) is 0 Å². The van der Waals surface area contributed by atoms with Crippen molar-refractivity contribution in [1.29, 1.82) is 0 Å². The van der Waals surface area contributed by atoms with Gasteiger partial charge in [0.15, 0.2) is 11.5 Å². The fraction of sp³-hybridized carbons (Fsp3) is 0.586. The van der Waals surface area contributed by atoms with Crippen molar-refractivity contribution in [3.05, 3.63) is 49.9 Å². The third-order valence-electron chi connectivity index (χ3n) is 8.51. The highest BCUT2D eigenvalue weighted by Crippen LogP contribution is 2.45. The van der Waals surface area contributed by atoms with Crippen molar-refractivity contribution in [2.75, 3.05) is 33.9 Å². The molecule has 2 fully saturated rings. The van der Waals surface area contributed by atoms with E-state index in [1.54, 1.807) is 26.2 Å². The Morgan fingerprint density at radius 1 is 1.15 bits per heavy atom. The molecule has 1 saturated heterocycles. The fourth-order valence-corrected chi connectivity index (χ4v) is 6.46. The first-order chi connectivity index (χ1) is 18.8. The zero-order valence-corrected chi connectivity index (χ0v) is 23.9. The van der Waals surface area contributed by atoms with Crippen LogP contribution in [0.4, 0.5) is 0 Å². The Kier molecular flexibility index (Phi) is 8.40. The molecule has 9 nitrogen and oxygen atoms in total. The Balaban J connectivity index is 1.25. The van der Waals surface area contributed by atoms with Gasteiger partial charge in [-0.15, -0.1) is 0 Å². The number of aromatic amines is 1. The second-order valence-corrected chi connectivity index (χ2v) is 11.3. The van der Waals surface area contributed by atoms with Crippen molar-refractivity contribution >= 4 is 17.5 Å². The lowest BCUT2D eigenvalue weighted by Crippen LogP contribution is -2.43. The van der Waals surface area contributed by atoms with Gasteiger partial charge >= 0.3 is 0 Å². The third kappa shape index (κ3) is 5.76. The number of aryl methyl sites for hydroxylation is 1. The Labute approximate surface area is 234 Å². The molecule has 5 rings (SSSR count). The molecule has 0 bridgehead atoms. The maximum atomic E-state index is 13.2. The minimum absolute atomic E-state index is 0.0110. The molecule has 10 heteroatoms. The minimum Gasteiger partial charge on any atom is -0.496 e. The molecule has 39 heavy (non-hydrogen) atoms. The van der Waals surface area contributed by atoms with Crippen LogP contribution in [0, 0.1) is 19.8 Å². The highest BCUT2D eigenvalue weighted by Gasteiger charge is 2.37. The number of halogens is 1. The zero-order valence-electron chi connectivity index (χ0n) is 23.1. The first-order valence-electron chi connectivity index (χ1n) is 13.7. The second-order valence-electron chi connectivity index (χ2n) is 10.9. The van der Waals surface area contributed by atoms with E-state index >= 15 is 0 Å². The van der Waals surface area contributed by atoms with Crippen LogP contribution in [-0.2, 0) is 11.3 Å². The summed E-state index contributed by atoms with van der Waals surface area (Å²) in [6.45, 7) is 6.20. The third-order valence-corrected chi connectivity index (χ3v) is 8.79. The first-order valence-corrected chi connectivity index (χ1v) is 14.1. The first kappa shape index (κ1) is 27.8. The summed E-state index contributed by atoms with van der Waals surface area (Å²) in [5.41, 5.74) is 1.78. The topological polar surface area (TPSA) is 102 Å². The molecule has 1 saturated carbocycles. The molecule has 212 valence electrons. The minimum atomic E-state index is -0.356. The highest BCUT2D eigenvalue weighted by atomic mass is 35.5. The van der Waals surface area contributed by atoms with E-state index < -0.39 is 0 Å². The number of fused-ring (bicyclic) bond motifs is 1. The van der Waals surface area contributed by atoms with Crippen molar-refractivity contribution in [2.24, 2.45) is 5.92 Å². The number of H-pyrrole nitrogens is 1. The van der Waals surface area contributed by atoms with Gasteiger partial charge in [0.2, 0.25) is 0 Å². The molecule has 1 aromatic carbocycles. The molecule has 2 aliphatic heterocycles. The van der Waals surface area contributed by atoms with E-state index in [9.17, 15) is 9.59 Å². The van der Waals surface area contributed by atoms with Gasteiger partial charge in [-0.3, -0.25) is 14.5 Å². The largest absolute Gasteiger partial charge is 0.496 e. The SMILES string of the molecule is COc1cc(C)[nH]c(=O)c1CNC(=O)c1cc(Cl)c2c(c1C)O[C@@H]([C@H]1CC[C@@H](N3CC[C@H](OC)C3)CC1)CO2. The van der Waals surface area contributed by atoms with Gasteiger partial charge in [-0.05, 0) is 64.0 Å². The molecular formula is C29H38ClN3O6. The van der Waals surface area contributed by atoms with Gasteiger partial charge in [0.1, 0.15) is 18.5 Å². The number of aromatic nitrogens is 1. The quantitative estimate of drug-likeness (QED) is 0.528. The number of hydrogen-bond donors (Lipinski definition) is 2. The van der Waals surface area contributed by atoms with Gasteiger partial charge in [-0.25, -0.2) is 0 Å². The van der Waals surface area contributed by atoms with Gasteiger partial charge in [-0.2, -0.15) is 0 Å². The van der Waals surface area contributed by atoms with Crippen LogP contribution in [-0.4, -0.2) is 68.0 Å². The number of pyridine rings is 1. The van der Waals surface area contributed by atoms with Crippen LogP contribution in [0.25, 0.3) is 0 Å². The Morgan fingerprint density at radius 2 is 1.92 bits per heavy atom. The van der Waals surface area contributed by atoms with Gasteiger partial charge in [-0.1, -0.05) is 11.6 Å². The molecule has 1 aliphatic carbocycles. The highest BCUT2D eigenvalue weighted by molar-refractivity contribution is 6.32. The molecule has 2 aromatic rings. The summed E-state index contributed by atoms with van der Waals surface area (Å²) >= 11 is 6.54. The van der Waals surface area contributed by atoms with Crippen LogP contribution >= 0.6 is 11.6 Å². The van der Waals surface area contributed by atoms with Crippen molar-refractivity contribution in [2.45, 2.75) is 70.7 Å². The van der Waals surface area contributed by atoms with Crippen LogP contribution in [0.5, 0.6) is 17.2 Å². The molecule has 3 aliphatic rings. The number of carbonyl (C=O) groups is 1. The summed E-state index contributed by atoms with van der Waals surface area (Å²) in [6, 6.07) is 3.92. The van der Waals surface area contributed by atoms with Crippen molar-refractivity contribution in [3.63, 3.8) is 0 Å². The number of likely N-dealkylation sites (tertiary alicyclic amines) is 1. The molecule has 0 unspecified atom stereocenters. The predicted octanol–water partition coefficient (Wildman–Crippen LogP) is 4.00. The summed E-state index contributed by atoms with van der Waals surface area (Å²) in [5, 5.41) is 3.16. The predicted molar refractivity (Wildman–Crippen MR) is 148 cm³/mol.